The molecular weight excluding hydrogens is 256 g/mol. The van der Waals surface area contributed by atoms with Gasteiger partial charge < -0.3 is 9.47 Å². The van der Waals surface area contributed by atoms with E-state index < -0.39 is 23.0 Å². The molecular formula is C16H16O4. The van der Waals surface area contributed by atoms with Gasteiger partial charge in [0.05, 0.1) is 11.8 Å². The molecule has 4 heteroatoms. The second kappa shape index (κ2) is 4.20. The fourth-order valence-corrected chi connectivity index (χ4v) is 2.71. The van der Waals surface area contributed by atoms with Crippen molar-refractivity contribution in [1.29, 1.82) is 0 Å². The molecule has 0 N–H and O–H groups in total. The SMILES string of the molecule is CC1(C)COC(=O)[C@]12C=C(c1ccccc1)CC(=O)O2. The Balaban J connectivity index is 2.13. The van der Waals surface area contributed by atoms with Gasteiger partial charge in [-0.25, -0.2) is 4.79 Å². The van der Waals surface area contributed by atoms with Crippen LogP contribution in [0.1, 0.15) is 25.8 Å². The Labute approximate surface area is 117 Å². The summed E-state index contributed by atoms with van der Waals surface area (Å²) in [5, 5.41) is 0. The van der Waals surface area contributed by atoms with E-state index in [0.717, 1.165) is 11.1 Å². The van der Waals surface area contributed by atoms with E-state index >= 15 is 0 Å². The van der Waals surface area contributed by atoms with Crippen LogP contribution in [0.3, 0.4) is 0 Å². The van der Waals surface area contributed by atoms with E-state index in [4.69, 9.17) is 9.47 Å². The van der Waals surface area contributed by atoms with Gasteiger partial charge in [-0.15, -0.1) is 0 Å². The van der Waals surface area contributed by atoms with Crippen LogP contribution in [0.15, 0.2) is 36.4 Å². The topological polar surface area (TPSA) is 52.6 Å². The average molecular weight is 272 g/mol. The zero-order valence-corrected chi connectivity index (χ0v) is 11.5. The van der Waals surface area contributed by atoms with Gasteiger partial charge in [0.25, 0.3) is 0 Å². The first-order valence-corrected chi connectivity index (χ1v) is 6.61. The Bertz CT molecular complexity index is 600. The third-order valence-electron chi connectivity index (χ3n) is 4.00. The maximum absolute atomic E-state index is 12.1. The molecule has 2 aliphatic heterocycles. The summed E-state index contributed by atoms with van der Waals surface area (Å²) in [5.74, 6) is -0.873. The van der Waals surface area contributed by atoms with Crippen LogP contribution < -0.4 is 0 Å². The van der Waals surface area contributed by atoms with Gasteiger partial charge in [-0.3, -0.25) is 4.79 Å². The van der Waals surface area contributed by atoms with Gasteiger partial charge >= 0.3 is 11.9 Å². The Morgan fingerprint density at radius 2 is 1.80 bits per heavy atom. The smallest absolute Gasteiger partial charge is 0.355 e. The van der Waals surface area contributed by atoms with Crippen molar-refractivity contribution in [3.05, 3.63) is 42.0 Å². The molecule has 104 valence electrons. The summed E-state index contributed by atoms with van der Waals surface area (Å²) in [7, 11) is 0. The summed E-state index contributed by atoms with van der Waals surface area (Å²) >= 11 is 0. The molecule has 0 bridgehead atoms. The van der Waals surface area contributed by atoms with Gasteiger partial charge in [-0.2, -0.15) is 0 Å². The molecule has 2 aliphatic rings. The number of carbonyl (C=O) groups is 2. The molecule has 0 unspecified atom stereocenters. The van der Waals surface area contributed by atoms with Crippen molar-refractivity contribution in [2.45, 2.75) is 25.9 Å². The largest absolute Gasteiger partial charge is 0.462 e. The number of hydrogen-bond acceptors (Lipinski definition) is 4. The summed E-state index contributed by atoms with van der Waals surface area (Å²) in [5.41, 5.74) is -0.124. The molecule has 1 saturated heterocycles. The van der Waals surface area contributed by atoms with Crippen molar-refractivity contribution in [2.75, 3.05) is 6.61 Å². The number of carbonyl (C=O) groups excluding carboxylic acids is 2. The predicted octanol–water partition coefficient (Wildman–Crippen LogP) is 2.34. The number of benzene rings is 1. The van der Waals surface area contributed by atoms with Crippen LogP contribution in [-0.2, 0) is 19.1 Å². The zero-order valence-electron chi connectivity index (χ0n) is 11.5. The molecule has 0 saturated carbocycles. The lowest BCUT2D eigenvalue weighted by molar-refractivity contribution is -0.173. The van der Waals surface area contributed by atoms with E-state index in [1.807, 2.05) is 44.2 Å². The number of hydrogen-bond donors (Lipinski definition) is 0. The monoisotopic (exact) mass is 272 g/mol. The molecule has 4 nitrogen and oxygen atoms in total. The molecule has 1 atom stereocenters. The third kappa shape index (κ3) is 1.75. The highest BCUT2D eigenvalue weighted by molar-refractivity contribution is 5.97. The maximum atomic E-state index is 12.1. The van der Waals surface area contributed by atoms with Crippen molar-refractivity contribution in [3.8, 4) is 0 Å². The number of esters is 2. The summed E-state index contributed by atoms with van der Waals surface area (Å²) in [6.45, 7) is 3.99. The Morgan fingerprint density at radius 3 is 2.40 bits per heavy atom. The Kier molecular flexibility index (Phi) is 2.71. The van der Waals surface area contributed by atoms with Crippen LogP contribution in [0.4, 0.5) is 0 Å². The molecule has 1 aromatic rings. The molecule has 2 heterocycles. The maximum Gasteiger partial charge on any atom is 0.355 e. The summed E-state index contributed by atoms with van der Waals surface area (Å²) < 4.78 is 10.6. The van der Waals surface area contributed by atoms with E-state index in [9.17, 15) is 9.59 Å². The van der Waals surface area contributed by atoms with E-state index in [2.05, 4.69) is 0 Å². The van der Waals surface area contributed by atoms with Gasteiger partial charge in [0, 0.05) is 0 Å². The highest BCUT2D eigenvalue weighted by Crippen LogP contribution is 2.46. The van der Waals surface area contributed by atoms with Crippen molar-refractivity contribution >= 4 is 17.5 Å². The third-order valence-corrected chi connectivity index (χ3v) is 4.00. The van der Waals surface area contributed by atoms with Crippen LogP contribution in [-0.4, -0.2) is 24.1 Å². The Morgan fingerprint density at radius 1 is 1.10 bits per heavy atom. The van der Waals surface area contributed by atoms with Crippen LogP contribution in [0, 0.1) is 5.41 Å². The molecule has 0 aromatic heterocycles. The number of rotatable bonds is 1. The highest BCUT2D eigenvalue weighted by Gasteiger charge is 2.61. The first-order valence-electron chi connectivity index (χ1n) is 6.61. The first-order chi connectivity index (χ1) is 9.45. The fraction of sp³-hybridized carbons (Fsp3) is 0.375. The van der Waals surface area contributed by atoms with Crippen molar-refractivity contribution in [3.63, 3.8) is 0 Å². The minimum Gasteiger partial charge on any atom is -0.462 e. The quantitative estimate of drug-likeness (QED) is 0.736. The fourth-order valence-electron chi connectivity index (χ4n) is 2.71. The molecule has 0 amide bonds. The molecule has 0 aliphatic carbocycles. The second-order valence-electron chi connectivity index (χ2n) is 5.88. The average Bonchev–Trinajstić information content (AvgIpc) is 2.63. The van der Waals surface area contributed by atoms with Crippen LogP contribution in [0.25, 0.3) is 5.57 Å². The van der Waals surface area contributed by atoms with Crippen LogP contribution in [0.2, 0.25) is 0 Å². The predicted molar refractivity (Wildman–Crippen MR) is 72.6 cm³/mol. The standard InChI is InChI=1S/C16H16O4/c1-15(2)10-19-14(18)16(15)9-12(8-13(17)20-16)11-6-4-3-5-7-11/h3-7,9H,8,10H2,1-2H3/t16-/m1/s1. The molecule has 1 aromatic carbocycles. The molecule has 0 radical (unpaired) electrons. The van der Waals surface area contributed by atoms with E-state index in [1.54, 1.807) is 6.08 Å². The minimum atomic E-state index is -1.30. The van der Waals surface area contributed by atoms with Crippen LogP contribution in [0.5, 0.6) is 0 Å². The van der Waals surface area contributed by atoms with E-state index in [-0.39, 0.29) is 13.0 Å². The second-order valence-corrected chi connectivity index (χ2v) is 5.88. The van der Waals surface area contributed by atoms with Gasteiger partial charge in [0.2, 0.25) is 5.60 Å². The van der Waals surface area contributed by atoms with Gasteiger partial charge in [0.15, 0.2) is 0 Å². The minimum absolute atomic E-state index is 0.176. The molecule has 1 spiro atoms. The van der Waals surface area contributed by atoms with Crippen molar-refractivity contribution in [1.82, 2.24) is 0 Å². The van der Waals surface area contributed by atoms with Crippen molar-refractivity contribution < 1.29 is 19.1 Å². The first kappa shape index (κ1) is 12.9. The van der Waals surface area contributed by atoms with Crippen molar-refractivity contribution in [2.24, 2.45) is 5.41 Å². The Hall–Kier alpha value is -2.10. The lowest BCUT2D eigenvalue weighted by Gasteiger charge is -2.36. The molecule has 3 rings (SSSR count). The van der Waals surface area contributed by atoms with E-state index in [1.165, 1.54) is 0 Å². The van der Waals surface area contributed by atoms with Gasteiger partial charge in [-0.1, -0.05) is 44.2 Å². The van der Waals surface area contributed by atoms with Gasteiger partial charge in [0.1, 0.15) is 6.61 Å². The highest BCUT2D eigenvalue weighted by atomic mass is 16.6. The summed E-state index contributed by atoms with van der Waals surface area (Å²) in [4.78, 5) is 24.1. The molecule has 20 heavy (non-hydrogen) atoms. The lowest BCUT2D eigenvalue weighted by atomic mass is 9.74. The van der Waals surface area contributed by atoms with Crippen LogP contribution >= 0.6 is 0 Å². The lowest BCUT2D eigenvalue weighted by Crippen LogP contribution is -2.50. The number of ether oxygens (including phenoxy) is 2. The van der Waals surface area contributed by atoms with Gasteiger partial charge in [-0.05, 0) is 17.2 Å². The van der Waals surface area contributed by atoms with E-state index in [0.29, 0.717) is 0 Å². The summed E-state index contributed by atoms with van der Waals surface area (Å²) in [6, 6.07) is 9.56. The molecule has 1 fully saturated rings. The summed E-state index contributed by atoms with van der Waals surface area (Å²) in [6.07, 6.45) is 1.94. The normalized spacial score (nSPS) is 28.0. The number of cyclic esters (lactones) is 1. The zero-order chi connectivity index (χ0) is 14.4.